The fourth-order valence-electron chi connectivity index (χ4n) is 1.20. The first-order valence-corrected chi connectivity index (χ1v) is 3.81. The maximum Gasteiger partial charge on any atom is 0.317 e. The maximum absolute atomic E-state index is 10.3. The topological polar surface area (TPSA) is 43.8 Å². The summed E-state index contributed by atoms with van der Waals surface area (Å²) in [5.74, 6) is -0.727. The van der Waals surface area contributed by atoms with Crippen molar-refractivity contribution in [2.75, 3.05) is 39.8 Å². The molecule has 0 spiro atoms. The summed E-state index contributed by atoms with van der Waals surface area (Å²) in [7, 11) is 2.05. The molecule has 4 nitrogen and oxygen atoms in total. The molecule has 0 aromatic heterocycles. The molecule has 72 valence electrons. The van der Waals surface area contributed by atoms with Crippen LogP contribution >= 0.6 is 12.4 Å². The molecule has 0 aromatic carbocycles. The van der Waals surface area contributed by atoms with Crippen LogP contribution in [0.1, 0.15) is 0 Å². The van der Waals surface area contributed by atoms with E-state index >= 15 is 0 Å². The molecule has 1 heterocycles. The predicted octanol–water partition coefficient (Wildman–Crippen LogP) is -0.260. The summed E-state index contributed by atoms with van der Waals surface area (Å²) in [6.45, 7) is 3.90. The first-order valence-electron chi connectivity index (χ1n) is 3.81. The number of carboxylic acid groups (broad SMARTS) is 1. The summed E-state index contributed by atoms with van der Waals surface area (Å²) >= 11 is 0. The number of hydrogen-bond donors (Lipinski definition) is 1. The van der Waals surface area contributed by atoms with E-state index in [1.807, 2.05) is 4.90 Å². The Hall–Kier alpha value is -0.320. The van der Waals surface area contributed by atoms with Gasteiger partial charge >= 0.3 is 5.97 Å². The Morgan fingerprint density at radius 3 is 2.25 bits per heavy atom. The van der Waals surface area contributed by atoms with E-state index in [4.69, 9.17) is 5.11 Å². The van der Waals surface area contributed by atoms with Gasteiger partial charge in [0.15, 0.2) is 0 Å². The zero-order chi connectivity index (χ0) is 8.27. The van der Waals surface area contributed by atoms with Crippen molar-refractivity contribution in [3.05, 3.63) is 0 Å². The summed E-state index contributed by atoms with van der Waals surface area (Å²) in [4.78, 5) is 14.5. The van der Waals surface area contributed by atoms with Crippen LogP contribution in [0.15, 0.2) is 0 Å². The van der Waals surface area contributed by atoms with Crippen molar-refractivity contribution in [2.45, 2.75) is 0 Å². The molecule has 0 aromatic rings. The first kappa shape index (κ1) is 11.7. The summed E-state index contributed by atoms with van der Waals surface area (Å²) in [5, 5.41) is 8.48. The minimum absolute atomic E-state index is 0. The number of carbonyl (C=O) groups is 1. The SMILES string of the molecule is CN1CCN(CC(=O)O)CC1.Cl. The summed E-state index contributed by atoms with van der Waals surface area (Å²) < 4.78 is 0. The van der Waals surface area contributed by atoms with Crippen molar-refractivity contribution in [2.24, 2.45) is 0 Å². The summed E-state index contributed by atoms with van der Waals surface area (Å²) in [6.07, 6.45) is 0. The number of aliphatic carboxylic acids is 1. The van der Waals surface area contributed by atoms with Gasteiger partial charge in [0.25, 0.3) is 0 Å². The largest absolute Gasteiger partial charge is 0.480 e. The molecule has 0 saturated carbocycles. The van der Waals surface area contributed by atoms with Crippen molar-refractivity contribution in [1.29, 1.82) is 0 Å². The molecular formula is C7H15ClN2O2. The van der Waals surface area contributed by atoms with Crippen molar-refractivity contribution in [3.8, 4) is 0 Å². The molecule has 0 atom stereocenters. The molecule has 1 fully saturated rings. The third kappa shape index (κ3) is 3.90. The van der Waals surface area contributed by atoms with Gasteiger partial charge in [-0.1, -0.05) is 0 Å². The van der Waals surface area contributed by atoms with Crippen molar-refractivity contribution >= 4 is 18.4 Å². The number of carboxylic acids is 1. The van der Waals surface area contributed by atoms with Gasteiger partial charge in [0.1, 0.15) is 0 Å². The lowest BCUT2D eigenvalue weighted by Gasteiger charge is -2.30. The molecular weight excluding hydrogens is 180 g/mol. The van der Waals surface area contributed by atoms with Gasteiger partial charge in [-0.25, -0.2) is 0 Å². The smallest absolute Gasteiger partial charge is 0.317 e. The first-order chi connectivity index (χ1) is 5.18. The minimum Gasteiger partial charge on any atom is -0.480 e. The average molecular weight is 195 g/mol. The third-order valence-electron chi connectivity index (χ3n) is 1.95. The fraction of sp³-hybridized carbons (Fsp3) is 0.857. The second-order valence-electron chi connectivity index (χ2n) is 2.97. The van der Waals surface area contributed by atoms with E-state index in [9.17, 15) is 4.79 Å². The van der Waals surface area contributed by atoms with Crippen LogP contribution in [0.25, 0.3) is 0 Å². The zero-order valence-electron chi connectivity index (χ0n) is 7.19. The lowest BCUT2D eigenvalue weighted by molar-refractivity contribution is -0.138. The fourth-order valence-corrected chi connectivity index (χ4v) is 1.20. The van der Waals surface area contributed by atoms with Crippen molar-refractivity contribution in [1.82, 2.24) is 9.80 Å². The van der Waals surface area contributed by atoms with Gasteiger partial charge in [-0.05, 0) is 7.05 Å². The van der Waals surface area contributed by atoms with Gasteiger partial charge < -0.3 is 10.0 Å². The zero-order valence-corrected chi connectivity index (χ0v) is 8.01. The van der Waals surface area contributed by atoms with Crippen LogP contribution in [0.4, 0.5) is 0 Å². The molecule has 0 unspecified atom stereocenters. The number of piperazine rings is 1. The lowest BCUT2D eigenvalue weighted by atomic mass is 10.3. The van der Waals surface area contributed by atoms with Crippen LogP contribution < -0.4 is 0 Å². The van der Waals surface area contributed by atoms with E-state index in [2.05, 4.69) is 11.9 Å². The molecule has 1 N–H and O–H groups in total. The molecule has 0 amide bonds. The average Bonchev–Trinajstić information content (AvgIpc) is 1.93. The normalized spacial score (nSPS) is 20.1. The van der Waals surface area contributed by atoms with Crippen LogP contribution in [-0.4, -0.2) is 60.6 Å². The molecule has 0 radical (unpaired) electrons. The highest BCUT2D eigenvalue weighted by atomic mass is 35.5. The van der Waals surface area contributed by atoms with Gasteiger partial charge in [-0.3, -0.25) is 9.69 Å². The number of rotatable bonds is 2. The number of likely N-dealkylation sites (N-methyl/N-ethyl adjacent to an activating group) is 1. The Balaban J connectivity index is 0.00000121. The summed E-state index contributed by atoms with van der Waals surface area (Å²) in [5.41, 5.74) is 0. The van der Waals surface area contributed by atoms with Gasteiger partial charge in [-0.15, -0.1) is 12.4 Å². The van der Waals surface area contributed by atoms with Crippen LogP contribution in [0.5, 0.6) is 0 Å². The van der Waals surface area contributed by atoms with Crippen LogP contribution in [-0.2, 0) is 4.79 Å². The Morgan fingerprint density at radius 2 is 1.83 bits per heavy atom. The van der Waals surface area contributed by atoms with Gasteiger partial charge in [0.05, 0.1) is 6.54 Å². The Labute approximate surface area is 78.6 Å². The van der Waals surface area contributed by atoms with E-state index in [0.29, 0.717) is 0 Å². The van der Waals surface area contributed by atoms with Gasteiger partial charge in [0, 0.05) is 26.2 Å². The molecule has 1 aliphatic heterocycles. The molecule has 5 heteroatoms. The highest BCUT2D eigenvalue weighted by molar-refractivity contribution is 5.85. The van der Waals surface area contributed by atoms with Crippen LogP contribution in [0.2, 0.25) is 0 Å². The Bertz CT molecular complexity index is 146. The number of halogens is 1. The maximum atomic E-state index is 10.3. The number of nitrogens with zero attached hydrogens (tertiary/aromatic N) is 2. The quantitative estimate of drug-likeness (QED) is 0.658. The number of hydrogen-bond acceptors (Lipinski definition) is 3. The molecule has 0 aliphatic carbocycles. The second kappa shape index (κ2) is 5.35. The van der Waals surface area contributed by atoms with E-state index in [1.165, 1.54) is 0 Å². The Kier molecular flexibility index (Phi) is 5.20. The highest BCUT2D eigenvalue weighted by Crippen LogP contribution is 1.97. The standard InChI is InChI=1S/C7H14N2O2.ClH/c1-8-2-4-9(5-3-8)6-7(10)11;/h2-6H2,1H3,(H,10,11);1H. The highest BCUT2D eigenvalue weighted by Gasteiger charge is 2.15. The molecule has 12 heavy (non-hydrogen) atoms. The van der Waals surface area contributed by atoms with Gasteiger partial charge in [0.2, 0.25) is 0 Å². The molecule has 1 saturated heterocycles. The molecule has 0 bridgehead atoms. The van der Waals surface area contributed by atoms with Crippen molar-refractivity contribution < 1.29 is 9.90 Å². The van der Waals surface area contributed by atoms with Gasteiger partial charge in [-0.2, -0.15) is 0 Å². The Morgan fingerprint density at radius 1 is 1.33 bits per heavy atom. The van der Waals surface area contributed by atoms with E-state index < -0.39 is 5.97 Å². The lowest BCUT2D eigenvalue weighted by Crippen LogP contribution is -2.46. The third-order valence-corrected chi connectivity index (χ3v) is 1.95. The van der Waals surface area contributed by atoms with Crippen molar-refractivity contribution in [3.63, 3.8) is 0 Å². The van der Waals surface area contributed by atoms with E-state index in [1.54, 1.807) is 0 Å². The van der Waals surface area contributed by atoms with Crippen LogP contribution in [0, 0.1) is 0 Å². The molecule has 1 aliphatic rings. The van der Waals surface area contributed by atoms with Crippen LogP contribution in [0.3, 0.4) is 0 Å². The predicted molar refractivity (Wildman–Crippen MR) is 48.8 cm³/mol. The minimum atomic E-state index is -0.727. The van der Waals surface area contributed by atoms with E-state index in [-0.39, 0.29) is 19.0 Å². The second-order valence-corrected chi connectivity index (χ2v) is 2.97. The van der Waals surface area contributed by atoms with E-state index in [0.717, 1.165) is 26.2 Å². The summed E-state index contributed by atoms with van der Waals surface area (Å²) in [6, 6.07) is 0. The molecule has 1 rings (SSSR count). The monoisotopic (exact) mass is 194 g/mol.